The zero-order chi connectivity index (χ0) is 11.2. The summed E-state index contributed by atoms with van der Waals surface area (Å²) in [4.78, 5) is 0. The highest BCUT2D eigenvalue weighted by molar-refractivity contribution is 5.04. The number of nitrogens with two attached hydrogens (primary N) is 1. The van der Waals surface area contributed by atoms with Crippen molar-refractivity contribution in [1.29, 1.82) is 0 Å². The molecule has 0 heterocycles. The molecule has 1 rings (SSSR count). The monoisotopic (exact) mass is 197 g/mol. The number of rotatable bonds is 0. The van der Waals surface area contributed by atoms with Gasteiger partial charge in [-0.15, -0.1) is 0 Å². The van der Waals surface area contributed by atoms with Gasteiger partial charge in [-0.25, -0.2) is 0 Å². The molecule has 0 unspecified atom stereocenters. The van der Waals surface area contributed by atoms with Gasteiger partial charge in [-0.2, -0.15) is 0 Å². The molecule has 0 bridgehead atoms. The first-order valence-electron chi connectivity index (χ1n) is 5.86. The van der Waals surface area contributed by atoms with Gasteiger partial charge in [0.2, 0.25) is 0 Å². The van der Waals surface area contributed by atoms with Crippen LogP contribution in [0.5, 0.6) is 0 Å². The lowest BCUT2D eigenvalue weighted by Gasteiger charge is -2.52. The smallest absolute Gasteiger partial charge is 0.00447 e. The Bertz CT molecular complexity index is 190. The number of hydrogen-bond donors (Lipinski definition) is 1. The summed E-state index contributed by atoms with van der Waals surface area (Å²) in [7, 11) is 0. The second-order valence-electron chi connectivity index (χ2n) is 7.08. The molecule has 0 aliphatic heterocycles. The van der Waals surface area contributed by atoms with E-state index < -0.39 is 0 Å². The van der Waals surface area contributed by atoms with Crippen LogP contribution in [0.15, 0.2) is 0 Å². The SMILES string of the molecule is CC(C)(C)C1(C(C)(C)C)CC[C@H](N)C1. The molecule has 1 atom stereocenters. The van der Waals surface area contributed by atoms with Crippen molar-refractivity contribution in [2.75, 3.05) is 0 Å². The van der Waals surface area contributed by atoms with Crippen LogP contribution in [0.2, 0.25) is 0 Å². The standard InChI is InChI=1S/C13H27N/c1-11(2,3)13(12(4,5)6)8-7-10(14)9-13/h10H,7-9,14H2,1-6H3/t10-/m0/s1. The Kier molecular flexibility index (Phi) is 2.78. The first-order chi connectivity index (χ1) is 6.10. The summed E-state index contributed by atoms with van der Waals surface area (Å²) < 4.78 is 0. The fraction of sp³-hybridized carbons (Fsp3) is 1.00. The molecule has 14 heavy (non-hydrogen) atoms. The summed E-state index contributed by atoms with van der Waals surface area (Å²) in [6.07, 6.45) is 3.69. The van der Waals surface area contributed by atoms with Crippen LogP contribution in [0.3, 0.4) is 0 Å². The van der Waals surface area contributed by atoms with Crippen LogP contribution in [-0.2, 0) is 0 Å². The molecule has 1 fully saturated rings. The van der Waals surface area contributed by atoms with Crippen LogP contribution in [0.1, 0.15) is 60.8 Å². The van der Waals surface area contributed by atoms with E-state index in [2.05, 4.69) is 41.5 Å². The van der Waals surface area contributed by atoms with Gasteiger partial charge < -0.3 is 5.73 Å². The van der Waals surface area contributed by atoms with Crippen molar-refractivity contribution >= 4 is 0 Å². The van der Waals surface area contributed by atoms with Crippen LogP contribution >= 0.6 is 0 Å². The minimum Gasteiger partial charge on any atom is -0.328 e. The van der Waals surface area contributed by atoms with Crippen LogP contribution in [-0.4, -0.2) is 6.04 Å². The van der Waals surface area contributed by atoms with Crippen LogP contribution < -0.4 is 5.73 Å². The highest BCUT2D eigenvalue weighted by Gasteiger charge is 2.53. The molecule has 0 aromatic rings. The van der Waals surface area contributed by atoms with Gasteiger partial charge in [0.1, 0.15) is 0 Å². The van der Waals surface area contributed by atoms with Gasteiger partial charge in [-0.05, 0) is 35.5 Å². The van der Waals surface area contributed by atoms with E-state index in [4.69, 9.17) is 5.73 Å². The predicted molar refractivity (Wildman–Crippen MR) is 63.2 cm³/mol. The van der Waals surface area contributed by atoms with E-state index >= 15 is 0 Å². The van der Waals surface area contributed by atoms with Gasteiger partial charge in [0.05, 0.1) is 0 Å². The average molecular weight is 197 g/mol. The van der Waals surface area contributed by atoms with E-state index in [9.17, 15) is 0 Å². The summed E-state index contributed by atoms with van der Waals surface area (Å²) in [5.74, 6) is 0. The van der Waals surface area contributed by atoms with E-state index in [1.54, 1.807) is 0 Å². The Morgan fingerprint density at radius 1 is 1.00 bits per heavy atom. The highest BCUT2D eigenvalue weighted by Crippen LogP contribution is 2.60. The topological polar surface area (TPSA) is 26.0 Å². The third-order valence-electron chi connectivity index (χ3n) is 4.42. The van der Waals surface area contributed by atoms with E-state index in [-0.39, 0.29) is 0 Å². The maximum atomic E-state index is 6.10. The highest BCUT2D eigenvalue weighted by atomic mass is 14.7. The molecule has 1 heteroatoms. The van der Waals surface area contributed by atoms with E-state index in [0.717, 1.165) is 0 Å². The van der Waals surface area contributed by atoms with Gasteiger partial charge >= 0.3 is 0 Å². The Balaban J connectivity index is 3.05. The molecule has 0 saturated heterocycles. The van der Waals surface area contributed by atoms with Crippen LogP contribution in [0, 0.1) is 16.2 Å². The maximum Gasteiger partial charge on any atom is 0.00447 e. The molecule has 0 aromatic carbocycles. The Morgan fingerprint density at radius 2 is 1.43 bits per heavy atom. The molecular formula is C13H27N. The van der Waals surface area contributed by atoms with Gasteiger partial charge in [-0.3, -0.25) is 0 Å². The minimum atomic E-state index is 0.360. The Hall–Kier alpha value is -0.0400. The van der Waals surface area contributed by atoms with Crippen molar-refractivity contribution in [2.45, 2.75) is 66.8 Å². The normalized spacial score (nSPS) is 28.1. The summed E-state index contributed by atoms with van der Waals surface area (Å²) in [6.45, 7) is 14.2. The van der Waals surface area contributed by atoms with Gasteiger partial charge in [0, 0.05) is 6.04 Å². The second-order valence-corrected chi connectivity index (χ2v) is 7.08. The van der Waals surface area contributed by atoms with Crippen molar-refractivity contribution < 1.29 is 0 Å². The summed E-state index contributed by atoms with van der Waals surface area (Å²) in [5, 5.41) is 0. The molecular weight excluding hydrogens is 170 g/mol. The fourth-order valence-electron chi connectivity index (χ4n) is 3.57. The van der Waals surface area contributed by atoms with E-state index in [1.165, 1.54) is 19.3 Å². The molecule has 2 N–H and O–H groups in total. The van der Waals surface area contributed by atoms with Crippen molar-refractivity contribution in [3.63, 3.8) is 0 Å². The molecule has 1 nitrogen and oxygen atoms in total. The Morgan fingerprint density at radius 3 is 1.57 bits per heavy atom. The zero-order valence-electron chi connectivity index (χ0n) is 10.8. The van der Waals surface area contributed by atoms with Crippen molar-refractivity contribution in [3.8, 4) is 0 Å². The van der Waals surface area contributed by atoms with Gasteiger partial charge in [-0.1, -0.05) is 41.5 Å². The van der Waals surface area contributed by atoms with Crippen molar-refractivity contribution in [2.24, 2.45) is 22.0 Å². The van der Waals surface area contributed by atoms with E-state index in [0.29, 0.717) is 22.3 Å². The fourth-order valence-corrected chi connectivity index (χ4v) is 3.57. The largest absolute Gasteiger partial charge is 0.328 e. The van der Waals surface area contributed by atoms with Gasteiger partial charge in [0.15, 0.2) is 0 Å². The molecule has 0 aromatic heterocycles. The first kappa shape index (κ1) is 12.0. The van der Waals surface area contributed by atoms with Crippen molar-refractivity contribution in [1.82, 2.24) is 0 Å². The summed E-state index contributed by atoms with van der Waals surface area (Å²) in [6, 6.07) is 0.424. The second kappa shape index (κ2) is 3.23. The molecule has 0 spiro atoms. The lowest BCUT2D eigenvalue weighted by molar-refractivity contribution is -0.0265. The molecule has 0 radical (unpaired) electrons. The third-order valence-corrected chi connectivity index (χ3v) is 4.42. The van der Waals surface area contributed by atoms with Crippen LogP contribution in [0.4, 0.5) is 0 Å². The summed E-state index contributed by atoms with van der Waals surface area (Å²) >= 11 is 0. The maximum absolute atomic E-state index is 6.10. The summed E-state index contributed by atoms with van der Waals surface area (Å²) in [5.41, 5.74) is 7.24. The lowest BCUT2D eigenvalue weighted by atomic mass is 9.53. The van der Waals surface area contributed by atoms with Gasteiger partial charge in [0.25, 0.3) is 0 Å². The van der Waals surface area contributed by atoms with Crippen molar-refractivity contribution in [3.05, 3.63) is 0 Å². The average Bonchev–Trinajstić information content (AvgIpc) is 2.28. The minimum absolute atomic E-state index is 0.360. The third kappa shape index (κ3) is 1.71. The molecule has 0 amide bonds. The Labute approximate surface area is 89.5 Å². The quantitative estimate of drug-likeness (QED) is 0.631. The molecule has 1 saturated carbocycles. The molecule has 84 valence electrons. The first-order valence-corrected chi connectivity index (χ1v) is 5.86. The predicted octanol–water partition coefficient (Wildman–Crippen LogP) is 3.58. The molecule has 1 aliphatic rings. The zero-order valence-corrected chi connectivity index (χ0v) is 10.8. The number of hydrogen-bond acceptors (Lipinski definition) is 1. The molecule has 1 aliphatic carbocycles. The van der Waals surface area contributed by atoms with Crippen LogP contribution in [0.25, 0.3) is 0 Å². The lowest BCUT2D eigenvalue weighted by Crippen LogP contribution is -2.45. The van der Waals surface area contributed by atoms with E-state index in [1.807, 2.05) is 0 Å².